The number of aromatic carboxylic acids is 1. The van der Waals surface area contributed by atoms with Crippen LogP contribution in [0.1, 0.15) is 17.3 Å². The first kappa shape index (κ1) is 14.8. The average molecular weight is 268 g/mol. The first-order valence-corrected chi connectivity index (χ1v) is 5.57. The second-order valence-electron chi connectivity index (χ2n) is 4.11. The smallest absolute Gasteiger partial charge is 0.335 e. The fraction of sp³-hybridized carbons (Fsp3) is 0.333. The zero-order valence-corrected chi connectivity index (χ0v) is 10.6. The van der Waals surface area contributed by atoms with Crippen molar-refractivity contribution in [1.29, 1.82) is 0 Å². The molecule has 0 saturated heterocycles. The highest BCUT2D eigenvalue weighted by atomic mass is 16.4. The van der Waals surface area contributed by atoms with Gasteiger partial charge in [0, 0.05) is 7.05 Å². The van der Waals surface area contributed by atoms with E-state index in [0.717, 1.165) is 6.07 Å². The number of hydrogen-bond donors (Lipinski definition) is 4. The molecule has 0 aliphatic carbocycles. The number of aliphatic hydroxyl groups is 1. The molecule has 0 aromatic heterocycles. The van der Waals surface area contributed by atoms with Crippen molar-refractivity contribution in [1.82, 2.24) is 4.90 Å². The number of nitrogens with one attached hydrogen (secondary N) is 1. The number of carboxylic acids is 1. The molecule has 19 heavy (non-hydrogen) atoms. The topological polar surface area (TPSA) is 110 Å². The number of carboxylic acid groups (broad SMARTS) is 1. The van der Waals surface area contributed by atoms with Crippen molar-refractivity contribution < 1.29 is 24.9 Å². The minimum Gasteiger partial charge on any atom is -0.506 e. The van der Waals surface area contributed by atoms with Crippen LogP contribution in [0.2, 0.25) is 0 Å². The lowest BCUT2D eigenvalue weighted by Crippen LogP contribution is -2.40. The van der Waals surface area contributed by atoms with Gasteiger partial charge in [-0.15, -0.1) is 0 Å². The summed E-state index contributed by atoms with van der Waals surface area (Å²) in [5.41, 5.74) is 0.0274. The molecule has 7 nitrogen and oxygen atoms in total. The van der Waals surface area contributed by atoms with E-state index in [0.29, 0.717) is 0 Å². The Labute approximate surface area is 110 Å². The number of urea groups is 1. The molecule has 0 aliphatic heterocycles. The third-order valence-corrected chi connectivity index (χ3v) is 2.73. The van der Waals surface area contributed by atoms with Crippen LogP contribution in [0.3, 0.4) is 0 Å². The molecule has 0 fully saturated rings. The molecule has 1 aromatic rings. The number of phenolic OH excluding ortho intramolecular Hbond substituents is 1. The minimum atomic E-state index is -1.17. The number of rotatable bonds is 4. The van der Waals surface area contributed by atoms with Crippen molar-refractivity contribution in [2.45, 2.75) is 13.0 Å². The fourth-order valence-corrected chi connectivity index (χ4v) is 1.30. The Morgan fingerprint density at radius 2 is 2.05 bits per heavy atom. The van der Waals surface area contributed by atoms with Gasteiger partial charge in [-0.2, -0.15) is 0 Å². The lowest BCUT2D eigenvalue weighted by atomic mass is 10.2. The summed E-state index contributed by atoms with van der Waals surface area (Å²) >= 11 is 0. The van der Waals surface area contributed by atoms with Gasteiger partial charge in [0.1, 0.15) is 5.75 Å². The summed E-state index contributed by atoms with van der Waals surface area (Å²) in [6, 6.07) is 2.73. The lowest BCUT2D eigenvalue weighted by Gasteiger charge is -2.23. The number of amides is 2. The summed E-state index contributed by atoms with van der Waals surface area (Å²) < 4.78 is 0. The van der Waals surface area contributed by atoms with E-state index in [1.165, 1.54) is 24.1 Å². The number of aromatic hydroxyl groups is 1. The monoisotopic (exact) mass is 268 g/mol. The number of benzene rings is 1. The van der Waals surface area contributed by atoms with Crippen LogP contribution in [0.5, 0.6) is 5.75 Å². The molecule has 1 rings (SSSR count). The Kier molecular flexibility index (Phi) is 4.71. The third kappa shape index (κ3) is 3.59. The summed E-state index contributed by atoms with van der Waals surface area (Å²) in [5.74, 6) is -1.50. The minimum absolute atomic E-state index is 0.0763. The van der Waals surface area contributed by atoms with Crippen molar-refractivity contribution in [3.63, 3.8) is 0 Å². The predicted octanol–water partition coefficient (Wildman–Crippen LogP) is 0.935. The highest BCUT2D eigenvalue weighted by molar-refractivity contribution is 5.93. The van der Waals surface area contributed by atoms with Crippen molar-refractivity contribution >= 4 is 17.7 Å². The maximum Gasteiger partial charge on any atom is 0.335 e. The molecule has 104 valence electrons. The molecular formula is C12H16N2O5. The molecular weight excluding hydrogens is 252 g/mol. The highest BCUT2D eigenvalue weighted by Crippen LogP contribution is 2.24. The molecule has 0 radical (unpaired) electrons. The molecule has 0 saturated carbocycles. The van der Waals surface area contributed by atoms with Gasteiger partial charge in [-0.05, 0) is 25.1 Å². The summed E-state index contributed by atoms with van der Waals surface area (Å²) in [5, 5.41) is 29.7. The van der Waals surface area contributed by atoms with Crippen LogP contribution < -0.4 is 5.32 Å². The summed E-state index contributed by atoms with van der Waals surface area (Å²) in [6.07, 6.45) is 0. The van der Waals surface area contributed by atoms with Crippen LogP contribution in [-0.2, 0) is 0 Å². The number of likely N-dealkylation sites (N-methyl/N-ethyl adjacent to an activating group) is 1. The van der Waals surface area contributed by atoms with Gasteiger partial charge in [-0.25, -0.2) is 9.59 Å². The number of phenols is 1. The third-order valence-electron chi connectivity index (χ3n) is 2.73. The molecule has 1 aromatic carbocycles. The standard InChI is InChI=1S/C12H16N2O5/c1-7(6-15)14(2)12(19)13-9-4-3-8(11(17)18)5-10(9)16/h3-5,7,15-16H,6H2,1-2H3,(H,13,19)(H,17,18). The zero-order chi connectivity index (χ0) is 14.6. The second kappa shape index (κ2) is 6.05. The summed E-state index contributed by atoms with van der Waals surface area (Å²) in [7, 11) is 1.50. The van der Waals surface area contributed by atoms with E-state index in [1.807, 2.05) is 0 Å². The Hall–Kier alpha value is -2.28. The van der Waals surface area contributed by atoms with Crippen LogP contribution in [-0.4, -0.2) is 51.9 Å². The van der Waals surface area contributed by atoms with Gasteiger partial charge in [0.05, 0.1) is 23.9 Å². The van der Waals surface area contributed by atoms with Crippen molar-refractivity contribution in [2.75, 3.05) is 19.0 Å². The van der Waals surface area contributed by atoms with E-state index in [9.17, 15) is 14.7 Å². The number of anilines is 1. The first-order valence-electron chi connectivity index (χ1n) is 5.57. The number of nitrogens with zero attached hydrogens (tertiary/aromatic N) is 1. The van der Waals surface area contributed by atoms with Gasteiger partial charge in [0.2, 0.25) is 0 Å². The number of carbonyl (C=O) groups excluding carboxylic acids is 1. The van der Waals surface area contributed by atoms with Crippen molar-refractivity contribution in [3.8, 4) is 5.75 Å². The Balaban J connectivity index is 2.83. The Morgan fingerprint density at radius 3 is 2.53 bits per heavy atom. The van der Waals surface area contributed by atoms with Gasteiger partial charge in [-0.1, -0.05) is 0 Å². The maximum atomic E-state index is 11.8. The van der Waals surface area contributed by atoms with E-state index in [-0.39, 0.29) is 29.6 Å². The van der Waals surface area contributed by atoms with Crippen LogP contribution in [0.25, 0.3) is 0 Å². The van der Waals surface area contributed by atoms with E-state index < -0.39 is 12.0 Å². The highest BCUT2D eigenvalue weighted by Gasteiger charge is 2.16. The molecule has 1 atom stereocenters. The zero-order valence-electron chi connectivity index (χ0n) is 10.6. The number of carbonyl (C=O) groups is 2. The summed E-state index contributed by atoms with van der Waals surface area (Å²) in [4.78, 5) is 23.7. The molecule has 7 heteroatoms. The average Bonchev–Trinajstić information content (AvgIpc) is 2.38. The van der Waals surface area contributed by atoms with Gasteiger partial charge in [0.15, 0.2) is 0 Å². The van der Waals surface area contributed by atoms with Crippen LogP contribution in [0.15, 0.2) is 18.2 Å². The largest absolute Gasteiger partial charge is 0.506 e. The molecule has 1 unspecified atom stereocenters. The second-order valence-corrected chi connectivity index (χ2v) is 4.11. The Bertz CT molecular complexity index is 489. The van der Waals surface area contributed by atoms with Gasteiger partial charge in [0.25, 0.3) is 0 Å². The first-order chi connectivity index (χ1) is 8.86. The molecule has 0 heterocycles. The number of aliphatic hydroxyl groups excluding tert-OH is 1. The van der Waals surface area contributed by atoms with Crippen LogP contribution >= 0.6 is 0 Å². The molecule has 4 N–H and O–H groups in total. The SMILES string of the molecule is CC(CO)N(C)C(=O)Nc1ccc(C(=O)O)cc1O. The van der Waals surface area contributed by atoms with Crippen LogP contribution in [0, 0.1) is 0 Å². The Morgan fingerprint density at radius 1 is 1.42 bits per heavy atom. The van der Waals surface area contributed by atoms with E-state index in [2.05, 4.69) is 5.32 Å². The van der Waals surface area contributed by atoms with E-state index >= 15 is 0 Å². The van der Waals surface area contributed by atoms with E-state index in [1.54, 1.807) is 6.92 Å². The maximum absolute atomic E-state index is 11.8. The molecule has 0 bridgehead atoms. The molecule has 2 amide bonds. The quantitative estimate of drug-likeness (QED) is 0.607. The van der Waals surface area contributed by atoms with Gasteiger partial charge < -0.3 is 25.5 Å². The molecule has 0 spiro atoms. The van der Waals surface area contributed by atoms with Crippen LogP contribution in [0.4, 0.5) is 10.5 Å². The fourth-order valence-electron chi connectivity index (χ4n) is 1.30. The lowest BCUT2D eigenvalue weighted by molar-refractivity contribution is 0.0696. The predicted molar refractivity (Wildman–Crippen MR) is 68.4 cm³/mol. The summed E-state index contributed by atoms with van der Waals surface area (Å²) in [6.45, 7) is 1.47. The van der Waals surface area contributed by atoms with Crippen molar-refractivity contribution in [3.05, 3.63) is 23.8 Å². The van der Waals surface area contributed by atoms with Gasteiger partial charge in [-0.3, -0.25) is 0 Å². The molecule has 0 aliphatic rings. The van der Waals surface area contributed by atoms with Crippen molar-refractivity contribution in [2.24, 2.45) is 0 Å². The van der Waals surface area contributed by atoms with E-state index in [4.69, 9.17) is 10.2 Å². The number of hydrogen-bond acceptors (Lipinski definition) is 4. The normalized spacial score (nSPS) is 11.7. The van der Waals surface area contributed by atoms with Gasteiger partial charge >= 0.3 is 12.0 Å².